The van der Waals surface area contributed by atoms with E-state index < -0.39 is 0 Å². The summed E-state index contributed by atoms with van der Waals surface area (Å²) in [6, 6.07) is -0.217. The van der Waals surface area contributed by atoms with E-state index in [1.807, 2.05) is 27.7 Å². The lowest BCUT2D eigenvalue weighted by Crippen LogP contribution is -2.36. The fraction of sp³-hybridized carbons (Fsp3) is 0.917. The zero-order valence-corrected chi connectivity index (χ0v) is 10.9. The Hall–Kier alpha value is -0.610. The summed E-state index contributed by atoms with van der Waals surface area (Å²) in [6.45, 7) is 9.74. The second-order valence-electron chi connectivity index (χ2n) is 4.05. The first kappa shape index (κ1) is 15.4. The van der Waals surface area contributed by atoms with Crippen molar-refractivity contribution in [3.8, 4) is 0 Å². The van der Waals surface area contributed by atoms with E-state index in [1.54, 1.807) is 0 Å². The third-order valence-electron chi connectivity index (χ3n) is 2.11. The lowest BCUT2D eigenvalue weighted by Gasteiger charge is -2.12. The maximum atomic E-state index is 11.2. The summed E-state index contributed by atoms with van der Waals surface area (Å²) in [4.78, 5) is 11.2. The third-order valence-corrected chi connectivity index (χ3v) is 2.11. The summed E-state index contributed by atoms with van der Waals surface area (Å²) < 4.78 is 10.3. The Morgan fingerprint density at radius 2 is 1.94 bits per heavy atom. The number of ether oxygens (including phenoxy) is 2. The Bertz CT molecular complexity index is 183. The van der Waals surface area contributed by atoms with E-state index in [0.29, 0.717) is 12.7 Å². The molecule has 0 amide bonds. The lowest BCUT2D eigenvalue weighted by atomic mass is 10.3. The molecule has 0 radical (unpaired) electrons. The molecule has 0 aliphatic heterocycles. The third kappa shape index (κ3) is 8.68. The highest BCUT2D eigenvalue weighted by molar-refractivity contribution is 5.75. The van der Waals surface area contributed by atoms with Gasteiger partial charge in [-0.3, -0.25) is 4.79 Å². The van der Waals surface area contributed by atoms with Crippen LogP contribution in [0.3, 0.4) is 0 Å². The molecule has 0 saturated carbocycles. The molecule has 0 aromatic heterocycles. The van der Waals surface area contributed by atoms with Crippen LogP contribution >= 0.6 is 0 Å². The molecular weight excluding hydrogens is 206 g/mol. The SMILES string of the molecule is CCOC(=O)C(C)NCCCCOC(C)C. The highest BCUT2D eigenvalue weighted by Gasteiger charge is 2.11. The first-order valence-corrected chi connectivity index (χ1v) is 6.09. The standard InChI is InChI=1S/C12H25NO3/c1-5-15-12(14)11(4)13-8-6-7-9-16-10(2)3/h10-11,13H,5-9H2,1-4H3. The van der Waals surface area contributed by atoms with Gasteiger partial charge >= 0.3 is 5.97 Å². The van der Waals surface area contributed by atoms with Gasteiger partial charge in [0.2, 0.25) is 0 Å². The Labute approximate surface area is 98.7 Å². The van der Waals surface area contributed by atoms with Gasteiger partial charge in [0.25, 0.3) is 0 Å². The van der Waals surface area contributed by atoms with Crippen LogP contribution in [0.4, 0.5) is 0 Å². The van der Waals surface area contributed by atoms with Crippen molar-refractivity contribution in [2.24, 2.45) is 0 Å². The number of hydrogen-bond acceptors (Lipinski definition) is 4. The molecule has 0 bridgehead atoms. The van der Waals surface area contributed by atoms with Gasteiger partial charge in [0.05, 0.1) is 12.7 Å². The molecule has 4 nitrogen and oxygen atoms in total. The van der Waals surface area contributed by atoms with Crippen LogP contribution in [0.15, 0.2) is 0 Å². The number of nitrogens with one attached hydrogen (secondary N) is 1. The number of carbonyl (C=O) groups is 1. The van der Waals surface area contributed by atoms with Crippen molar-refractivity contribution in [1.29, 1.82) is 0 Å². The van der Waals surface area contributed by atoms with Crippen LogP contribution in [0.5, 0.6) is 0 Å². The van der Waals surface area contributed by atoms with Gasteiger partial charge in [-0.25, -0.2) is 0 Å². The molecule has 0 saturated heterocycles. The zero-order chi connectivity index (χ0) is 12.4. The Balaban J connectivity index is 3.34. The number of unbranched alkanes of at least 4 members (excludes halogenated alkanes) is 1. The van der Waals surface area contributed by atoms with E-state index in [1.165, 1.54) is 0 Å². The van der Waals surface area contributed by atoms with Gasteiger partial charge in [-0.1, -0.05) is 0 Å². The molecule has 0 heterocycles. The number of rotatable bonds is 9. The molecule has 0 aliphatic rings. The minimum absolute atomic E-state index is 0.180. The Kier molecular flexibility index (Phi) is 9.24. The highest BCUT2D eigenvalue weighted by Crippen LogP contribution is 1.94. The van der Waals surface area contributed by atoms with E-state index in [-0.39, 0.29) is 12.0 Å². The van der Waals surface area contributed by atoms with Crippen LogP contribution in [0.1, 0.15) is 40.5 Å². The van der Waals surface area contributed by atoms with Crippen molar-refractivity contribution < 1.29 is 14.3 Å². The zero-order valence-electron chi connectivity index (χ0n) is 10.9. The van der Waals surface area contributed by atoms with Crippen molar-refractivity contribution >= 4 is 5.97 Å². The topological polar surface area (TPSA) is 47.6 Å². The first-order chi connectivity index (χ1) is 7.57. The predicted molar refractivity (Wildman–Crippen MR) is 64.4 cm³/mol. The van der Waals surface area contributed by atoms with Gasteiger partial charge in [0.1, 0.15) is 6.04 Å². The fourth-order valence-corrected chi connectivity index (χ4v) is 1.22. The van der Waals surface area contributed by atoms with Gasteiger partial charge in [0, 0.05) is 6.61 Å². The molecule has 0 fully saturated rings. The summed E-state index contributed by atoms with van der Waals surface area (Å²) in [5.41, 5.74) is 0. The number of hydrogen-bond donors (Lipinski definition) is 1. The van der Waals surface area contributed by atoms with Crippen molar-refractivity contribution in [2.45, 2.75) is 52.7 Å². The van der Waals surface area contributed by atoms with Gasteiger partial charge in [-0.2, -0.15) is 0 Å². The normalized spacial score (nSPS) is 12.8. The van der Waals surface area contributed by atoms with E-state index >= 15 is 0 Å². The van der Waals surface area contributed by atoms with Gasteiger partial charge in [-0.05, 0) is 47.1 Å². The quantitative estimate of drug-likeness (QED) is 0.485. The minimum atomic E-state index is -0.217. The van der Waals surface area contributed by atoms with Crippen molar-refractivity contribution in [3.63, 3.8) is 0 Å². The Morgan fingerprint density at radius 3 is 2.50 bits per heavy atom. The molecule has 4 heteroatoms. The average Bonchev–Trinajstić information content (AvgIpc) is 2.22. The molecule has 0 spiro atoms. The van der Waals surface area contributed by atoms with Crippen LogP contribution in [0.2, 0.25) is 0 Å². The number of esters is 1. The maximum absolute atomic E-state index is 11.2. The summed E-state index contributed by atoms with van der Waals surface area (Å²) in [5.74, 6) is -0.180. The van der Waals surface area contributed by atoms with Crippen molar-refractivity contribution in [3.05, 3.63) is 0 Å². The maximum Gasteiger partial charge on any atom is 0.322 e. The molecule has 96 valence electrons. The van der Waals surface area contributed by atoms with Crippen LogP contribution in [0, 0.1) is 0 Å². The second kappa shape index (κ2) is 9.60. The molecule has 1 atom stereocenters. The van der Waals surface area contributed by atoms with Crippen molar-refractivity contribution in [2.75, 3.05) is 19.8 Å². The monoisotopic (exact) mass is 231 g/mol. The molecule has 16 heavy (non-hydrogen) atoms. The van der Waals surface area contributed by atoms with E-state index in [0.717, 1.165) is 26.0 Å². The fourth-order valence-electron chi connectivity index (χ4n) is 1.22. The largest absolute Gasteiger partial charge is 0.465 e. The van der Waals surface area contributed by atoms with Gasteiger partial charge in [-0.15, -0.1) is 0 Å². The molecule has 0 aromatic carbocycles. The van der Waals surface area contributed by atoms with Crippen molar-refractivity contribution in [1.82, 2.24) is 5.32 Å². The number of carbonyl (C=O) groups excluding carboxylic acids is 1. The summed E-state index contributed by atoms with van der Waals surface area (Å²) in [7, 11) is 0. The molecule has 1 unspecified atom stereocenters. The molecular formula is C12H25NO3. The molecule has 0 rings (SSSR count). The van der Waals surface area contributed by atoms with E-state index in [2.05, 4.69) is 5.32 Å². The van der Waals surface area contributed by atoms with Crippen LogP contribution < -0.4 is 5.32 Å². The average molecular weight is 231 g/mol. The summed E-state index contributed by atoms with van der Waals surface area (Å²) >= 11 is 0. The second-order valence-corrected chi connectivity index (χ2v) is 4.05. The summed E-state index contributed by atoms with van der Waals surface area (Å²) in [5, 5.41) is 3.13. The van der Waals surface area contributed by atoms with E-state index in [9.17, 15) is 4.79 Å². The lowest BCUT2D eigenvalue weighted by molar-refractivity contribution is -0.145. The molecule has 0 aliphatic carbocycles. The first-order valence-electron chi connectivity index (χ1n) is 6.09. The van der Waals surface area contributed by atoms with Crippen LogP contribution in [-0.2, 0) is 14.3 Å². The smallest absolute Gasteiger partial charge is 0.322 e. The van der Waals surface area contributed by atoms with Gasteiger partial charge < -0.3 is 14.8 Å². The molecule has 0 aromatic rings. The molecule has 1 N–H and O–H groups in total. The van der Waals surface area contributed by atoms with Crippen LogP contribution in [-0.4, -0.2) is 37.9 Å². The van der Waals surface area contributed by atoms with E-state index in [4.69, 9.17) is 9.47 Å². The Morgan fingerprint density at radius 1 is 1.25 bits per heavy atom. The highest BCUT2D eigenvalue weighted by atomic mass is 16.5. The van der Waals surface area contributed by atoms with Crippen LogP contribution in [0.25, 0.3) is 0 Å². The predicted octanol–water partition coefficient (Wildman–Crippen LogP) is 1.73. The van der Waals surface area contributed by atoms with Gasteiger partial charge in [0.15, 0.2) is 0 Å². The summed E-state index contributed by atoms with van der Waals surface area (Å²) in [6.07, 6.45) is 2.32. The minimum Gasteiger partial charge on any atom is -0.465 e.